The highest BCUT2D eigenvalue weighted by molar-refractivity contribution is 5.79. The lowest BCUT2D eigenvalue weighted by Gasteiger charge is -2.23. The zero-order valence-electron chi connectivity index (χ0n) is 12.1. The Balaban J connectivity index is 1.95. The van der Waals surface area contributed by atoms with Gasteiger partial charge in [0.25, 0.3) is 0 Å². The van der Waals surface area contributed by atoms with Crippen molar-refractivity contribution in [3.05, 3.63) is 35.4 Å². The number of rotatable bonds is 4. The molecule has 0 aliphatic carbocycles. The lowest BCUT2D eigenvalue weighted by atomic mass is 9.96. The maximum absolute atomic E-state index is 12.4. The molecule has 1 N–H and O–H groups in total. The van der Waals surface area contributed by atoms with Crippen LogP contribution in [0.3, 0.4) is 0 Å². The van der Waals surface area contributed by atoms with Crippen LogP contribution in [0.5, 0.6) is 0 Å². The topological polar surface area (TPSA) is 32.3 Å². The molecule has 1 aliphatic rings. The minimum absolute atomic E-state index is 0.139. The van der Waals surface area contributed by atoms with Gasteiger partial charge in [0.15, 0.2) is 0 Å². The van der Waals surface area contributed by atoms with E-state index in [0.29, 0.717) is 12.5 Å². The van der Waals surface area contributed by atoms with Crippen LogP contribution in [0.2, 0.25) is 0 Å². The number of nitrogens with one attached hydrogen (secondary N) is 1. The monoisotopic (exact) mass is 260 g/mol. The van der Waals surface area contributed by atoms with Crippen molar-refractivity contribution in [2.45, 2.75) is 26.8 Å². The summed E-state index contributed by atoms with van der Waals surface area (Å²) < 4.78 is 0. The number of hydrogen-bond donors (Lipinski definition) is 1. The third-order valence-electron chi connectivity index (χ3n) is 4.06. The Kier molecular flexibility index (Phi) is 4.59. The third kappa shape index (κ3) is 3.35. The highest BCUT2D eigenvalue weighted by atomic mass is 16.2. The van der Waals surface area contributed by atoms with Crippen LogP contribution in [0.15, 0.2) is 24.3 Å². The van der Waals surface area contributed by atoms with Crippen molar-refractivity contribution in [3.8, 4) is 0 Å². The lowest BCUT2D eigenvalue weighted by molar-refractivity contribution is -0.135. The van der Waals surface area contributed by atoms with Gasteiger partial charge < -0.3 is 10.2 Å². The Morgan fingerprint density at radius 3 is 2.42 bits per heavy atom. The van der Waals surface area contributed by atoms with Gasteiger partial charge in [0.05, 0.1) is 5.92 Å². The Labute approximate surface area is 116 Å². The van der Waals surface area contributed by atoms with Gasteiger partial charge in [-0.2, -0.15) is 0 Å². The van der Waals surface area contributed by atoms with Gasteiger partial charge in [-0.05, 0) is 30.0 Å². The Bertz CT molecular complexity index is 427. The Hall–Kier alpha value is -1.35. The summed E-state index contributed by atoms with van der Waals surface area (Å²) in [5.74, 6) is 0.842. The van der Waals surface area contributed by atoms with Gasteiger partial charge in [-0.1, -0.05) is 38.1 Å². The van der Waals surface area contributed by atoms with E-state index in [1.54, 1.807) is 0 Å². The first-order chi connectivity index (χ1) is 9.11. The molecule has 1 heterocycles. The maximum Gasteiger partial charge on any atom is 0.227 e. The first-order valence-corrected chi connectivity index (χ1v) is 7.15. The quantitative estimate of drug-likeness (QED) is 0.899. The van der Waals surface area contributed by atoms with Crippen LogP contribution < -0.4 is 5.32 Å². The van der Waals surface area contributed by atoms with Crippen molar-refractivity contribution in [2.75, 3.05) is 20.1 Å². The second-order valence-electron chi connectivity index (χ2n) is 5.61. The summed E-state index contributed by atoms with van der Waals surface area (Å²) in [7, 11) is 1.90. The smallest absolute Gasteiger partial charge is 0.227 e. The van der Waals surface area contributed by atoms with Gasteiger partial charge in [-0.15, -0.1) is 0 Å². The van der Waals surface area contributed by atoms with Gasteiger partial charge >= 0.3 is 0 Å². The molecule has 0 radical (unpaired) electrons. The predicted molar refractivity (Wildman–Crippen MR) is 77.8 cm³/mol. The fourth-order valence-electron chi connectivity index (χ4n) is 2.66. The molecule has 2 atom stereocenters. The van der Waals surface area contributed by atoms with E-state index < -0.39 is 0 Å². The van der Waals surface area contributed by atoms with Crippen LogP contribution in [0.1, 0.15) is 25.0 Å². The molecule has 2 unspecified atom stereocenters. The summed E-state index contributed by atoms with van der Waals surface area (Å²) in [6.45, 7) is 6.77. The van der Waals surface area contributed by atoms with Crippen LogP contribution in [-0.2, 0) is 17.8 Å². The van der Waals surface area contributed by atoms with Gasteiger partial charge in [0.2, 0.25) is 5.91 Å². The van der Waals surface area contributed by atoms with E-state index >= 15 is 0 Å². The highest BCUT2D eigenvalue weighted by Gasteiger charge is 2.31. The molecule has 1 aromatic rings. The van der Waals surface area contributed by atoms with Crippen molar-refractivity contribution in [3.63, 3.8) is 0 Å². The van der Waals surface area contributed by atoms with Crippen molar-refractivity contribution in [1.82, 2.24) is 10.2 Å². The van der Waals surface area contributed by atoms with Gasteiger partial charge in [-0.25, -0.2) is 0 Å². The normalized spacial score (nSPS) is 22.5. The Morgan fingerprint density at radius 2 is 1.89 bits per heavy atom. The van der Waals surface area contributed by atoms with Crippen LogP contribution >= 0.6 is 0 Å². The summed E-state index contributed by atoms with van der Waals surface area (Å²) in [6.07, 6.45) is 1.06. The van der Waals surface area contributed by atoms with E-state index in [0.717, 1.165) is 19.5 Å². The lowest BCUT2D eigenvalue weighted by Crippen LogP contribution is -2.35. The molecule has 1 aromatic carbocycles. The molecule has 1 amide bonds. The summed E-state index contributed by atoms with van der Waals surface area (Å²) in [6, 6.07) is 8.54. The van der Waals surface area contributed by atoms with E-state index in [-0.39, 0.29) is 11.8 Å². The molecule has 1 saturated heterocycles. The predicted octanol–water partition coefficient (Wildman–Crippen LogP) is 2.06. The molecule has 0 aromatic heterocycles. The van der Waals surface area contributed by atoms with Crippen LogP contribution in [0.25, 0.3) is 0 Å². The second-order valence-corrected chi connectivity index (χ2v) is 5.61. The number of hydrogen-bond acceptors (Lipinski definition) is 2. The summed E-state index contributed by atoms with van der Waals surface area (Å²) >= 11 is 0. The fraction of sp³-hybridized carbons (Fsp3) is 0.562. The van der Waals surface area contributed by atoms with E-state index in [2.05, 4.69) is 43.4 Å². The molecule has 2 rings (SSSR count). The van der Waals surface area contributed by atoms with Gasteiger partial charge in [-0.3, -0.25) is 4.79 Å². The summed E-state index contributed by atoms with van der Waals surface area (Å²) in [5.41, 5.74) is 2.54. The van der Waals surface area contributed by atoms with Crippen LogP contribution in [-0.4, -0.2) is 30.9 Å². The van der Waals surface area contributed by atoms with Gasteiger partial charge in [0.1, 0.15) is 0 Å². The standard InChI is InChI=1S/C16H24N2O/c1-4-13-5-7-14(8-6-13)11-18(3)16(19)15-10-17-9-12(15)2/h5-8,12,15,17H,4,9-11H2,1-3H3. The number of carbonyl (C=O) groups excluding carboxylic acids is 1. The van der Waals surface area contributed by atoms with E-state index in [1.807, 2.05) is 11.9 Å². The third-order valence-corrected chi connectivity index (χ3v) is 4.06. The highest BCUT2D eigenvalue weighted by Crippen LogP contribution is 2.19. The molecule has 3 nitrogen and oxygen atoms in total. The molecular weight excluding hydrogens is 236 g/mol. The molecule has 0 spiro atoms. The number of aryl methyl sites for hydroxylation is 1. The van der Waals surface area contributed by atoms with E-state index in [9.17, 15) is 4.79 Å². The molecule has 104 valence electrons. The molecule has 1 fully saturated rings. The van der Waals surface area contributed by atoms with Crippen molar-refractivity contribution < 1.29 is 4.79 Å². The molecule has 1 aliphatic heterocycles. The SMILES string of the molecule is CCc1ccc(CN(C)C(=O)C2CNCC2C)cc1. The number of amides is 1. The molecule has 3 heteroatoms. The van der Waals surface area contributed by atoms with E-state index in [4.69, 9.17) is 0 Å². The molecular formula is C16H24N2O. The van der Waals surface area contributed by atoms with Crippen LogP contribution in [0.4, 0.5) is 0 Å². The first kappa shape index (κ1) is 14.1. The molecule has 0 saturated carbocycles. The summed E-state index contributed by atoms with van der Waals surface area (Å²) in [5, 5.41) is 3.29. The molecule has 0 bridgehead atoms. The van der Waals surface area contributed by atoms with Crippen molar-refractivity contribution >= 4 is 5.91 Å². The number of carbonyl (C=O) groups is 1. The zero-order valence-corrected chi connectivity index (χ0v) is 12.1. The van der Waals surface area contributed by atoms with E-state index in [1.165, 1.54) is 11.1 Å². The largest absolute Gasteiger partial charge is 0.341 e. The average Bonchev–Trinajstić information content (AvgIpc) is 2.85. The Morgan fingerprint density at radius 1 is 1.26 bits per heavy atom. The maximum atomic E-state index is 12.4. The zero-order chi connectivity index (χ0) is 13.8. The minimum atomic E-state index is 0.139. The van der Waals surface area contributed by atoms with Crippen molar-refractivity contribution in [2.24, 2.45) is 11.8 Å². The van der Waals surface area contributed by atoms with Crippen molar-refractivity contribution in [1.29, 1.82) is 0 Å². The van der Waals surface area contributed by atoms with Gasteiger partial charge in [0, 0.05) is 20.1 Å². The minimum Gasteiger partial charge on any atom is -0.341 e. The summed E-state index contributed by atoms with van der Waals surface area (Å²) in [4.78, 5) is 14.2. The van der Waals surface area contributed by atoms with Crippen LogP contribution in [0, 0.1) is 11.8 Å². The second kappa shape index (κ2) is 6.20. The number of nitrogens with zero attached hydrogens (tertiary/aromatic N) is 1. The average molecular weight is 260 g/mol. The number of benzene rings is 1. The molecule has 19 heavy (non-hydrogen) atoms. The fourth-order valence-corrected chi connectivity index (χ4v) is 2.66. The first-order valence-electron chi connectivity index (χ1n) is 7.15.